The first-order valence-corrected chi connectivity index (χ1v) is 15.7. The highest BCUT2D eigenvalue weighted by Gasteiger charge is 2.30. The summed E-state index contributed by atoms with van der Waals surface area (Å²) in [4.78, 5) is 29.5. The van der Waals surface area contributed by atoms with Crippen molar-refractivity contribution in [2.45, 2.75) is 41.4 Å². The number of aromatic nitrogens is 4. The molecule has 1 aliphatic heterocycles. The first kappa shape index (κ1) is 27.4. The third-order valence-electron chi connectivity index (χ3n) is 7.89. The summed E-state index contributed by atoms with van der Waals surface area (Å²) in [6, 6.07) is 17.8. The summed E-state index contributed by atoms with van der Waals surface area (Å²) in [6.07, 6.45) is 4.64. The van der Waals surface area contributed by atoms with Crippen molar-refractivity contribution >= 4 is 32.5 Å². The molecule has 2 aromatic carbocycles. The topological polar surface area (TPSA) is 132 Å². The molecule has 220 valence electrons. The highest BCUT2D eigenvalue weighted by molar-refractivity contribution is 7.91. The maximum absolute atomic E-state index is 13.8. The molecule has 1 unspecified atom stereocenters. The molecule has 0 amide bonds. The lowest BCUT2D eigenvalue weighted by Gasteiger charge is -2.30. The molecular weight excluding hydrogens is 568 g/mol. The Kier molecular flexibility index (Phi) is 7.04. The SMILES string of the molecule is CN1CCOC(c2ccc(Nc3ncc4cc(C5CC5)c(=O)n(Cc5ncoc5S(=O)(=O)c5ccccc5)c4n3)cc2)C1. The number of pyridine rings is 1. The van der Waals surface area contributed by atoms with Crippen LogP contribution in [0.1, 0.15) is 41.7 Å². The molecule has 0 radical (unpaired) electrons. The van der Waals surface area contributed by atoms with Gasteiger partial charge in [-0.15, -0.1) is 0 Å². The molecule has 11 nitrogen and oxygen atoms in total. The molecule has 7 rings (SSSR count). The monoisotopic (exact) mass is 598 g/mol. The molecule has 5 aromatic rings. The van der Waals surface area contributed by atoms with Gasteiger partial charge in [-0.25, -0.2) is 18.4 Å². The average Bonchev–Trinajstić information content (AvgIpc) is 3.75. The molecule has 1 saturated heterocycles. The van der Waals surface area contributed by atoms with Gasteiger partial charge in [-0.1, -0.05) is 30.3 Å². The van der Waals surface area contributed by atoms with Gasteiger partial charge in [-0.2, -0.15) is 4.98 Å². The van der Waals surface area contributed by atoms with Crippen molar-refractivity contribution in [3.05, 3.63) is 100 Å². The van der Waals surface area contributed by atoms with E-state index in [4.69, 9.17) is 14.1 Å². The number of fused-ring (bicyclic) bond motifs is 1. The Morgan fingerprint density at radius 2 is 1.84 bits per heavy atom. The summed E-state index contributed by atoms with van der Waals surface area (Å²) < 4.78 is 39.5. The molecule has 3 aromatic heterocycles. The fourth-order valence-corrected chi connectivity index (χ4v) is 6.73. The van der Waals surface area contributed by atoms with Gasteiger partial charge >= 0.3 is 0 Å². The van der Waals surface area contributed by atoms with E-state index >= 15 is 0 Å². The number of benzene rings is 2. The predicted octanol–water partition coefficient (Wildman–Crippen LogP) is 4.28. The van der Waals surface area contributed by atoms with E-state index in [1.165, 1.54) is 16.7 Å². The van der Waals surface area contributed by atoms with Gasteiger partial charge < -0.3 is 19.4 Å². The maximum atomic E-state index is 13.8. The van der Waals surface area contributed by atoms with E-state index in [1.807, 2.05) is 30.3 Å². The van der Waals surface area contributed by atoms with E-state index in [2.05, 4.69) is 27.2 Å². The Balaban J connectivity index is 1.23. The van der Waals surface area contributed by atoms with E-state index in [0.29, 0.717) is 29.2 Å². The van der Waals surface area contributed by atoms with Gasteiger partial charge in [0.1, 0.15) is 11.3 Å². The summed E-state index contributed by atoms with van der Waals surface area (Å²) in [5.74, 6) is 0.468. The maximum Gasteiger partial charge on any atom is 0.256 e. The minimum Gasteiger partial charge on any atom is -0.431 e. The zero-order valence-corrected chi connectivity index (χ0v) is 24.3. The molecule has 2 aliphatic rings. The number of hydrogen-bond acceptors (Lipinski definition) is 10. The summed E-state index contributed by atoms with van der Waals surface area (Å²) in [5, 5.41) is 3.61. The van der Waals surface area contributed by atoms with Gasteiger partial charge in [-0.3, -0.25) is 9.36 Å². The predicted molar refractivity (Wildman–Crippen MR) is 159 cm³/mol. The molecule has 12 heteroatoms. The lowest BCUT2D eigenvalue weighted by atomic mass is 10.1. The number of sulfone groups is 1. The Morgan fingerprint density at radius 1 is 1.05 bits per heavy atom. The van der Waals surface area contributed by atoms with Crippen LogP contribution in [0.5, 0.6) is 0 Å². The lowest BCUT2D eigenvalue weighted by Crippen LogP contribution is -2.35. The molecule has 1 aliphatic carbocycles. The van der Waals surface area contributed by atoms with Crippen molar-refractivity contribution < 1.29 is 17.6 Å². The standard InChI is InChI=1S/C31H30N6O5S/c1-36-13-14-41-27(18-36)21-9-11-23(12-10-21)34-31-32-16-22-15-25(20-7-8-20)29(38)37(28(22)35-31)17-26-30(42-19-33-26)43(39,40)24-5-3-2-4-6-24/h2-6,9-12,15-16,19-20,27H,7-8,13-14,17-18H2,1H3,(H,32,34,35). The number of hydrogen-bond donors (Lipinski definition) is 1. The van der Waals surface area contributed by atoms with E-state index in [-0.39, 0.29) is 39.8 Å². The number of morpholine rings is 1. The van der Waals surface area contributed by atoms with Crippen molar-refractivity contribution in [3.63, 3.8) is 0 Å². The van der Waals surface area contributed by atoms with E-state index < -0.39 is 9.84 Å². The second kappa shape index (κ2) is 11.0. The summed E-state index contributed by atoms with van der Waals surface area (Å²) in [7, 11) is -1.91. The molecule has 4 heterocycles. The molecule has 1 atom stereocenters. The second-order valence-electron chi connectivity index (χ2n) is 11.0. The Hall–Kier alpha value is -4.39. The van der Waals surface area contributed by atoms with Gasteiger partial charge in [0, 0.05) is 35.9 Å². The number of rotatable bonds is 8. The molecule has 1 saturated carbocycles. The normalized spacial score (nSPS) is 17.7. The number of nitrogens with zero attached hydrogens (tertiary/aromatic N) is 5. The van der Waals surface area contributed by atoms with Crippen LogP contribution in [0.15, 0.2) is 92.5 Å². The first-order chi connectivity index (χ1) is 20.9. The van der Waals surface area contributed by atoms with Gasteiger partial charge in [0.15, 0.2) is 6.39 Å². The van der Waals surface area contributed by atoms with Crippen molar-refractivity contribution in [2.75, 3.05) is 32.1 Å². The van der Waals surface area contributed by atoms with Gasteiger partial charge in [0.2, 0.25) is 20.9 Å². The van der Waals surface area contributed by atoms with E-state index in [1.54, 1.807) is 24.4 Å². The Morgan fingerprint density at radius 3 is 2.58 bits per heavy atom. The largest absolute Gasteiger partial charge is 0.431 e. The smallest absolute Gasteiger partial charge is 0.256 e. The number of anilines is 2. The van der Waals surface area contributed by atoms with Crippen LogP contribution in [0.4, 0.5) is 11.6 Å². The average molecular weight is 599 g/mol. The van der Waals surface area contributed by atoms with Crippen LogP contribution in [-0.4, -0.2) is 59.6 Å². The van der Waals surface area contributed by atoms with Crippen molar-refractivity contribution in [2.24, 2.45) is 0 Å². The van der Waals surface area contributed by atoms with Crippen molar-refractivity contribution in [1.82, 2.24) is 24.4 Å². The minimum atomic E-state index is -3.99. The number of likely N-dealkylation sites (N-methyl/N-ethyl adjacent to an activating group) is 1. The molecule has 43 heavy (non-hydrogen) atoms. The van der Waals surface area contributed by atoms with E-state index in [9.17, 15) is 13.2 Å². The van der Waals surface area contributed by atoms with E-state index in [0.717, 1.165) is 43.6 Å². The number of oxazole rings is 1. The Bertz CT molecular complexity index is 1950. The van der Waals surface area contributed by atoms with Gasteiger partial charge in [0.25, 0.3) is 5.56 Å². The third kappa shape index (κ3) is 5.44. The first-order valence-electron chi connectivity index (χ1n) is 14.2. The second-order valence-corrected chi connectivity index (χ2v) is 12.9. The van der Waals surface area contributed by atoms with Crippen LogP contribution >= 0.6 is 0 Å². The number of ether oxygens (including phenoxy) is 1. The summed E-state index contributed by atoms with van der Waals surface area (Å²) in [6.45, 7) is 2.32. The highest BCUT2D eigenvalue weighted by Crippen LogP contribution is 2.39. The van der Waals surface area contributed by atoms with Crippen molar-refractivity contribution in [3.8, 4) is 0 Å². The van der Waals surface area contributed by atoms with Crippen molar-refractivity contribution in [1.29, 1.82) is 0 Å². The lowest BCUT2D eigenvalue weighted by molar-refractivity contribution is -0.0208. The molecule has 0 spiro atoms. The van der Waals surface area contributed by atoms with Crippen LogP contribution < -0.4 is 10.9 Å². The van der Waals surface area contributed by atoms with Gasteiger partial charge in [-0.05, 0) is 61.7 Å². The van der Waals surface area contributed by atoms with Gasteiger partial charge in [0.05, 0.1) is 24.2 Å². The van der Waals surface area contributed by atoms with Crippen LogP contribution in [0.2, 0.25) is 0 Å². The van der Waals surface area contributed by atoms with Crippen LogP contribution in [-0.2, 0) is 21.1 Å². The molecule has 2 fully saturated rings. The van der Waals surface area contributed by atoms with Crippen LogP contribution in [0.25, 0.3) is 11.0 Å². The zero-order chi connectivity index (χ0) is 29.6. The molecular formula is C31H30N6O5S. The third-order valence-corrected chi connectivity index (χ3v) is 9.60. The summed E-state index contributed by atoms with van der Waals surface area (Å²) >= 11 is 0. The fourth-order valence-electron chi connectivity index (χ4n) is 5.40. The fraction of sp³-hybridized carbons (Fsp3) is 0.290. The molecule has 1 N–H and O–H groups in total. The number of nitrogens with one attached hydrogen (secondary N) is 1. The quantitative estimate of drug-likeness (QED) is 0.276. The zero-order valence-electron chi connectivity index (χ0n) is 23.5. The van der Waals surface area contributed by atoms with Crippen LogP contribution in [0.3, 0.4) is 0 Å². The molecule has 0 bridgehead atoms. The van der Waals surface area contributed by atoms with Crippen LogP contribution in [0, 0.1) is 0 Å². The highest BCUT2D eigenvalue weighted by atomic mass is 32.2. The minimum absolute atomic E-state index is 0.0203. The Labute approximate surface area is 248 Å². The summed E-state index contributed by atoms with van der Waals surface area (Å²) in [5.41, 5.74) is 2.80.